The molecule has 0 aliphatic heterocycles. The van der Waals surface area contributed by atoms with Crippen LogP contribution in [0, 0.1) is 0 Å². The zero-order valence-electron chi connectivity index (χ0n) is 17.3. The van der Waals surface area contributed by atoms with Crippen LogP contribution >= 0.6 is 0 Å². The van der Waals surface area contributed by atoms with Gasteiger partial charge >= 0.3 is 0 Å². The molecule has 0 aromatic heterocycles. The maximum atomic E-state index is 2.40. The van der Waals surface area contributed by atoms with E-state index in [0.717, 1.165) is 5.92 Å². The van der Waals surface area contributed by atoms with Crippen LogP contribution in [0.25, 0.3) is 10.8 Å². The van der Waals surface area contributed by atoms with Gasteiger partial charge in [0.1, 0.15) is 0 Å². The molecule has 144 valence electrons. The number of hydrogen-bond donors (Lipinski definition) is 0. The molecule has 0 heteroatoms. The average Bonchev–Trinajstić information content (AvgIpc) is 2.68. The van der Waals surface area contributed by atoms with Crippen LogP contribution in [0.3, 0.4) is 0 Å². The first kappa shape index (κ1) is 21.0. The molecule has 2 aromatic carbocycles. The predicted octanol–water partition coefficient (Wildman–Crippen LogP) is 9.03. The smallest absolute Gasteiger partial charge is 0.0149 e. The first-order valence-electron chi connectivity index (χ1n) is 11.3. The molecule has 1 unspecified atom stereocenters. The molecule has 0 aliphatic rings. The third kappa shape index (κ3) is 7.14. The zero-order valence-corrected chi connectivity index (χ0v) is 17.3. The molecule has 0 spiro atoms. The second-order valence-electron chi connectivity index (χ2n) is 8.02. The van der Waals surface area contributed by atoms with Crippen molar-refractivity contribution in [3.8, 4) is 0 Å². The normalized spacial score (nSPS) is 12.5. The number of fused-ring (bicyclic) bond motifs is 1. The van der Waals surface area contributed by atoms with Crippen LogP contribution in [0.1, 0.15) is 109 Å². The minimum atomic E-state index is 0.744. The quantitative estimate of drug-likeness (QED) is 0.297. The largest absolute Gasteiger partial charge is 0.0654 e. The van der Waals surface area contributed by atoms with E-state index in [2.05, 4.69) is 56.3 Å². The molecule has 0 saturated carbocycles. The van der Waals surface area contributed by atoms with Gasteiger partial charge in [-0.15, -0.1) is 0 Å². The van der Waals surface area contributed by atoms with Crippen LogP contribution in [0.4, 0.5) is 0 Å². The third-order valence-electron chi connectivity index (χ3n) is 5.83. The number of unbranched alkanes of at least 4 members (excludes halogenated alkanes) is 9. The Hall–Kier alpha value is -1.30. The van der Waals surface area contributed by atoms with Gasteiger partial charge in [0.15, 0.2) is 0 Å². The van der Waals surface area contributed by atoms with Crippen molar-refractivity contribution in [3.63, 3.8) is 0 Å². The van der Waals surface area contributed by atoms with Crippen molar-refractivity contribution in [3.05, 3.63) is 48.0 Å². The Kier molecular flexibility index (Phi) is 10.5. The fourth-order valence-electron chi connectivity index (χ4n) is 4.23. The molecule has 2 aromatic rings. The summed E-state index contributed by atoms with van der Waals surface area (Å²) in [6, 6.07) is 15.9. The third-order valence-corrected chi connectivity index (χ3v) is 5.83. The summed E-state index contributed by atoms with van der Waals surface area (Å²) < 4.78 is 0. The van der Waals surface area contributed by atoms with Gasteiger partial charge in [0.2, 0.25) is 0 Å². The van der Waals surface area contributed by atoms with Crippen LogP contribution in [0.15, 0.2) is 42.5 Å². The summed E-state index contributed by atoms with van der Waals surface area (Å²) in [4.78, 5) is 0. The van der Waals surface area contributed by atoms with Gasteiger partial charge in [0.05, 0.1) is 0 Å². The molecule has 0 nitrogen and oxygen atoms in total. The number of benzene rings is 2. The Morgan fingerprint density at radius 2 is 1.12 bits per heavy atom. The first-order valence-corrected chi connectivity index (χ1v) is 11.3. The highest BCUT2D eigenvalue weighted by Crippen LogP contribution is 2.33. The second-order valence-corrected chi connectivity index (χ2v) is 8.02. The van der Waals surface area contributed by atoms with Crippen molar-refractivity contribution < 1.29 is 0 Å². The molecule has 0 amide bonds. The van der Waals surface area contributed by atoms with Gasteiger partial charge in [0.25, 0.3) is 0 Å². The highest BCUT2D eigenvalue weighted by atomic mass is 14.2. The van der Waals surface area contributed by atoms with Crippen LogP contribution in [0.5, 0.6) is 0 Å². The SMILES string of the molecule is CCCCCCCCC(CCCCCCC)c1cccc2ccccc12. The van der Waals surface area contributed by atoms with E-state index in [1.807, 2.05) is 0 Å². The molecule has 0 saturated heterocycles. The van der Waals surface area contributed by atoms with Gasteiger partial charge in [-0.3, -0.25) is 0 Å². The Bertz CT molecular complexity index is 593. The van der Waals surface area contributed by atoms with Gasteiger partial charge in [-0.05, 0) is 35.1 Å². The lowest BCUT2D eigenvalue weighted by Gasteiger charge is -2.20. The molecule has 0 N–H and O–H groups in total. The van der Waals surface area contributed by atoms with Crippen LogP contribution in [0.2, 0.25) is 0 Å². The molecule has 0 fully saturated rings. The first-order chi connectivity index (χ1) is 12.9. The standard InChI is InChI=1S/C26H40/c1-3-5-7-9-11-13-18-23(17-12-10-8-6-4-2)26-22-16-20-24-19-14-15-21-25(24)26/h14-16,19-23H,3-13,17-18H2,1-2H3. The second kappa shape index (κ2) is 13.0. The summed E-state index contributed by atoms with van der Waals surface area (Å²) in [5.41, 5.74) is 1.60. The van der Waals surface area contributed by atoms with E-state index in [-0.39, 0.29) is 0 Å². The van der Waals surface area contributed by atoms with Crippen LogP contribution in [-0.4, -0.2) is 0 Å². The topological polar surface area (TPSA) is 0 Å². The van der Waals surface area contributed by atoms with Gasteiger partial charge in [-0.25, -0.2) is 0 Å². The summed E-state index contributed by atoms with van der Waals surface area (Å²) in [5.74, 6) is 0.744. The molecule has 1 atom stereocenters. The molecule has 0 radical (unpaired) electrons. The molecule has 0 aliphatic carbocycles. The molecular weight excluding hydrogens is 312 g/mol. The fourth-order valence-corrected chi connectivity index (χ4v) is 4.23. The maximum Gasteiger partial charge on any atom is -0.0149 e. The fraction of sp³-hybridized carbons (Fsp3) is 0.615. The van der Waals surface area contributed by atoms with Crippen molar-refractivity contribution in [1.29, 1.82) is 0 Å². The van der Waals surface area contributed by atoms with Crippen molar-refractivity contribution >= 4 is 10.8 Å². The lowest BCUT2D eigenvalue weighted by molar-refractivity contribution is 0.490. The Labute approximate surface area is 162 Å². The van der Waals surface area contributed by atoms with E-state index in [0.29, 0.717) is 0 Å². The van der Waals surface area contributed by atoms with E-state index in [4.69, 9.17) is 0 Å². The lowest BCUT2D eigenvalue weighted by atomic mass is 9.85. The minimum absolute atomic E-state index is 0.744. The number of rotatable bonds is 14. The molecule has 26 heavy (non-hydrogen) atoms. The molecule has 0 heterocycles. The zero-order chi connectivity index (χ0) is 18.5. The van der Waals surface area contributed by atoms with Crippen LogP contribution in [-0.2, 0) is 0 Å². The summed E-state index contributed by atoms with van der Waals surface area (Å²) in [7, 11) is 0. The van der Waals surface area contributed by atoms with E-state index in [1.165, 1.54) is 94.2 Å². The van der Waals surface area contributed by atoms with E-state index in [9.17, 15) is 0 Å². The monoisotopic (exact) mass is 352 g/mol. The predicted molar refractivity (Wildman–Crippen MR) is 118 cm³/mol. The molecular formula is C26H40. The number of hydrogen-bond acceptors (Lipinski definition) is 0. The Morgan fingerprint density at radius 3 is 1.77 bits per heavy atom. The van der Waals surface area contributed by atoms with Gasteiger partial charge in [0, 0.05) is 0 Å². The maximum absolute atomic E-state index is 2.40. The Balaban J connectivity index is 1.97. The summed E-state index contributed by atoms with van der Waals surface area (Å²) in [6.45, 7) is 4.60. The Morgan fingerprint density at radius 1 is 0.577 bits per heavy atom. The van der Waals surface area contributed by atoms with Crippen molar-refractivity contribution in [2.24, 2.45) is 0 Å². The average molecular weight is 353 g/mol. The van der Waals surface area contributed by atoms with E-state index in [1.54, 1.807) is 5.56 Å². The van der Waals surface area contributed by atoms with Crippen LogP contribution < -0.4 is 0 Å². The van der Waals surface area contributed by atoms with Crippen molar-refractivity contribution in [1.82, 2.24) is 0 Å². The van der Waals surface area contributed by atoms with E-state index < -0.39 is 0 Å². The summed E-state index contributed by atoms with van der Waals surface area (Å²) in [6.07, 6.45) is 18.1. The highest BCUT2D eigenvalue weighted by Gasteiger charge is 2.14. The van der Waals surface area contributed by atoms with Gasteiger partial charge in [-0.2, -0.15) is 0 Å². The molecule has 0 bridgehead atoms. The van der Waals surface area contributed by atoms with Gasteiger partial charge < -0.3 is 0 Å². The highest BCUT2D eigenvalue weighted by molar-refractivity contribution is 5.86. The van der Waals surface area contributed by atoms with Crippen molar-refractivity contribution in [2.75, 3.05) is 0 Å². The van der Waals surface area contributed by atoms with E-state index >= 15 is 0 Å². The summed E-state index contributed by atoms with van der Waals surface area (Å²) in [5, 5.41) is 2.89. The summed E-state index contributed by atoms with van der Waals surface area (Å²) >= 11 is 0. The minimum Gasteiger partial charge on any atom is -0.0654 e. The lowest BCUT2D eigenvalue weighted by Crippen LogP contribution is -2.01. The van der Waals surface area contributed by atoms with Gasteiger partial charge in [-0.1, -0.05) is 127 Å². The van der Waals surface area contributed by atoms with Crippen molar-refractivity contribution in [2.45, 2.75) is 103 Å². The molecule has 2 rings (SSSR count).